The number of hydrogen-bond acceptors (Lipinski definition) is 5. The van der Waals surface area contributed by atoms with Gasteiger partial charge < -0.3 is 10.2 Å². The van der Waals surface area contributed by atoms with Gasteiger partial charge in [-0.1, -0.05) is 12.1 Å². The van der Waals surface area contributed by atoms with Gasteiger partial charge in [-0.3, -0.25) is 9.89 Å². The van der Waals surface area contributed by atoms with Gasteiger partial charge in [-0.25, -0.2) is 14.4 Å². The van der Waals surface area contributed by atoms with E-state index in [1.54, 1.807) is 30.7 Å². The van der Waals surface area contributed by atoms with E-state index in [2.05, 4.69) is 25.5 Å². The molecule has 0 aliphatic carbocycles. The Morgan fingerprint density at radius 1 is 1.24 bits per heavy atom. The molecular weight excluding hydrogens is 371 g/mol. The van der Waals surface area contributed by atoms with Crippen LogP contribution in [-0.4, -0.2) is 50.6 Å². The van der Waals surface area contributed by atoms with Gasteiger partial charge in [0.1, 0.15) is 5.82 Å². The average Bonchev–Trinajstić information content (AvgIpc) is 3.25. The Morgan fingerprint density at radius 3 is 2.72 bits per heavy atom. The summed E-state index contributed by atoms with van der Waals surface area (Å²) in [6, 6.07) is 6.39. The molecule has 0 spiro atoms. The molecular formula is C21H23FN6O. The van der Waals surface area contributed by atoms with E-state index in [1.165, 1.54) is 12.1 Å². The summed E-state index contributed by atoms with van der Waals surface area (Å²) in [5.74, 6) is 0.315. The number of carbonyl (C=O) groups excluding carboxylic acids is 1. The number of halogens is 1. The number of amides is 1. The largest absolute Gasteiger partial charge is 0.355 e. The van der Waals surface area contributed by atoms with Crippen LogP contribution in [0.25, 0.3) is 11.1 Å². The lowest BCUT2D eigenvalue weighted by Crippen LogP contribution is -2.39. The minimum atomic E-state index is -0.268. The fourth-order valence-corrected chi connectivity index (χ4v) is 3.73. The number of piperidine rings is 1. The number of likely N-dealkylation sites (tertiary alicyclic amines) is 1. The van der Waals surface area contributed by atoms with Crippen molar-refractivity contribution in [2.24, 2.45) is 0 Å². The van der Waals surface area contributed by atoms with Crippen LogP contribution in [0.1, 0.15) is 41.7 Å². The highest BCUT2D eigenvalue weighted by Crippen LogP contribution is 2.33. The molecule has 1 unspecified atom stereocenters. The number of anilines is 1. The number of H-pyrrole nitrogens is 1. The summed E-state index contributed by atoms with van der Waals surface area (Å²) >= 11 is 0. The van der Waals surface area contributed by atoms with E-state index in [4.69, 9.17) is 0 Å². The van der Waals surface area contributed by atoms with Crippen LogP contribution >= 0.6 is 0 Å². The van der Waals surface area contributed by atoms with Gasteiger partial charge in [-0.05, 0) is 37.5 Å². The maximum Gasteiger partial charge on any atom is 0.257 e. The third-order valence-corrected chi connectivity index (χ3v) is 5.17. The van der Waals surface area contributed by atoms with Crippen molar-refractivity contribution >= 4 is 11.9 Å². The molecule has 2 N–H and O–H groups in total. The van der Waals surface area contributed by atoms with E-state index in [-0.39, 0.29) is 17.6 Å². The first-order valence-corrected chi connectivity index (χ1v) is 9.80. The molecule has 7 nitrogen and oxygen atoms in total. The Hall–Kier alpha value is -3.29. The van der Waals surface area contributed by atoms with Crippen LogP contribution in [0.2, 0.25) is 0 Å². The Morgan fingerprint density at radius 2 is 2.00 bits per heavy atom. The maximum absolute atomic E-state index is 13.3. The molecule has 1 aliphatic heterocycles. The van der Waals surface area contributed by atoms with Crippen molar-refractivity contribution in [1.29, 1.82) is 0 Å². The number of benzene rings is 1. The SMILES string of the molecule is CCNc1ncc(C(=O)N2CCCC(c3[nH]ncc3-c3ccc(F)cc3)C2)cn1. The molecule has 1 fully saturated rings. The zero-order valence-electron chi connectivity index (χ0n) is 16.2. The fraction of sp³-hybridized carbons (Fsp3) is 0.333. The number of nitrogens with one attached hydrogen (secondary N) is 2. The number of carbonyl (C=O) groups is 1. The first kappa shape index (κ1) is 19.0. The number of aromatic nitrogens is 4. The summed E-state index contributed by atoms with van der Waals surface area (Å²) in [5.41, 5.74) is 3.32. The minimum Gasteiger partial charge on any atom is -0.355 e. The van der Waals surface area contributed by atoms with Crippen molar-refractivity contribution in [2.45, 2.75) is 25.7 Å². The second-order valence-corrected chi connectivity index (χ2v) is 7.12. The third-order valence-electron chi connectivity index (χ3n) is 5.17. The van der Waals surface area contributed by atoms with Gasteiger partial charge in [-0.15, -0.1) is 0 Å². The normalized spacial score (nSPS) is 16.6. The van der Waals surface area contributed by atoms with Gasteiger partial charge in [-0.2, -0.15) is 5.10 Å². The van der Waals surface area contributed by atoms with Gasteiger partial charge in [0.25, 0.3) is 5.91 Å². The van der Waals surface area contributed by atoms with Crippen LogP contribution in [0.4, 0.5) is 10.3 Å². The number of rotatable bonds is 5. The summed E-state index contributed by atoms with van der Waals surface area (Å²) in [6.45, 7) is 3.97. The molecule has 1 aromatic carbocycles. The second-order valence-electron chi connectivity index (χ2n) is 7.12. The van der Waals surface area contributed by atoms with Crippen LogP contribution in [0, 0.1) is 5.82 Å². The molecule has 1 atom stereocenters. The molecule has 0 bridgehead atoms. The third kappa shape index (κ3) is 4.11. The topological polar surface area (TPSA) is 86.8 Å². The van der Waals surface area contributed by atoms with Crippen molar-refractivity contribution in [3.8, 4) is 11.1 Å². The van der Waals surface area contributed by atoms with Gasteiger partial charge >= 0.3 is 0 Å². The predicted octanol–water partition coefficient (Wildman–Crippen LogP) is 3.46. The van der Waals surface area contributed by atoms with E-state index in [9.17, 15) is 9.18 Å². The molecule has 0 saturated carbocycles. The quantitative estimate of drug-likeness (QED) is 0.692. The summed E-state index contributed by atoms with van der Waals surface area (Å²) in [6.07, 6.45) is 6.75. The van der Waals surface area contributed by atoms with Crippen molar-refractivity contribution in [1.82, 2.24) is 25.1 Å². The molecule has 1 aliphatic rings. The van der Waals surface area contributed by atoms with Crippen molar-refractivity contribution < 1.29 is 9.18 Å². The highest BCUT2D eigenvalue weighted by molar-refractivity contribution is 5.93. The molecule has 2 aromatic heterocycles. The smallest absolute Gasteiger partial charge is 0.257 e. The lowest BCUT2D eigenvalue weighted by molar-refractivity contribution is 0.0705. The fourth-order valence-electron chi connectivity index (χ4n) is 3.73. The first-order valence-electron chi connectivity index (χ1n) is 9.80. The van der Waals surface area contributed by atoms with E-state index in [0.29, 0.717) is 24.6 Å². The zero-order valence-corrected chi connectivity index (χ0v) is 16.2. The molecule has 4 rings (SSSR count). The van der Waals surface area contributed by atoms with Gasteiger partial charge in [0.15, 0.2) is 0 Å². The molecule has 3 heterocycles. The summed E-state index contributed by atoms with van der Waals surface area (Å²) < 4.78 is 13.3. The lowest BCUT2D eigenvalue weighted by atomic mass is 9.90. The summed E-state index contributed by atoms with van der Waals surface area (Å²) in [5, 5.41) is 10.3. The van der Waals surface area contributed by atoms with Crippen LogP contribution in [0.3, 0.4) is 0 Å². The van der Waals surface area contributed by atoms with E-state index < -0.39 is 0 Å². The van der Waals surface area contributed by atoms with Crippen LogP contribution in [-0.2, 0) is 0 Å². The Bertz CT molecular complexity index is 970. The van der Waals surface area contributed by atoms with Crippen molar-refractivity contribution in [2.75, 3.05) is 25.0 Å². The number of nitrogens with zero attached hydrogens (tertiary/aromatic N) is 4. The molecule has 0 radical (unpaired) electrons. The highest BCUT2D eigenvalue weighted by Gasteiger charge is 2.28. The molecule has 1 saturated heterocycles. The van der Waals surface area contributed by atoms with Crippen LogP contribution < -0.4 is 5.32 Å². The lowest BCUT2D eigenvalue weighted by Gasteiger charge is -2.32. The van der Waals surface area contributed by atoms with E-state index in [1.807, 2.05) is 11.8 Å². The van der Waals surface area contributed by atoms with E-state index in [0.717, 1.165) is 36.2 Å². The Labute approximate surface area is 168 Å². The van der Waals surface area contributed by atoms with Gasteiger partial charge in [0.05, 0.1) is 11.8 Å². The number of hydrogen-bond donors (Lipinski definition) is 2. The second kappa shape index (κ2) is 8.38. The van der Waals surface area contributed by atoms with Crippen molar-refractivity contribution in [3.05, 3.63) is 59.9 Å². The minimum absolute atomic E-state index is 0.0689. The summed E-state index contributed by atoms with van der Waals surface area (Å²) in [7, 11) is 0. The highest BCUT2D eigenvalue weighted by atomic mass is 19.1. The van der Waals surface area contributed by atoms with Crippen LogP contribution in [0.5, 0.6) is 0 Å². The maximum atomic E-state index is 13.3. The Balaban J connectivity index is 1.51. The van der Waals surface area contributed by atoms with E-state index >= 15 is 0 Å². The average molecular weight is 394 g/mol. The van der Waals surface area contributed by atoms with Gasteiger partial charge in [0, 0.05) is 49.2 Å². The predicted molar refractivity (Wildman–Crippen MR) is 108 cm³/mol. The standard InChI is InChI=1S/C21H23FN6O/c1-2-23-21-24-10-16(11-25-21)20(29)28-9-3-4-15(13-28)19-18(12-26-27-19)14-5-7-17(22)8-6-14/h5-8,10-12,15H,2-4,9,13H2,1H3,(H,26,27)(H,23,24,25). The van der Waals surface area contributed by atoms with Crippen molar-refractivity contribution in [3.63, 3.8) is 0 Å². The number of aromatic amines is 1. The molecule has 8 heteroatoms. The molecule has 150 valence electrons. The molecule has 29 heavy (non-hydrogen) atoms. The first-order chi connectivity index (χ1) is 14.2. The van der Waals surface area contributed by atoms with Gasteiger partial charge in [0.2, 0.25) is 5.95 Å². The summed E-state index contributed by atoms with van der Waals surface area (Å²) in [4.78, 5) is 23.2. The zero-order chi connectivity index (χ0) is 20.2. The molecule has 3 aromatic rings. The molecule has 1 amide bonds. The monoisotopic (exact) mass is 394 g/mol. The Kier molecular flexibility index (Phi) is 5.50. The van der Waals surface area contributed by atoms with Crippen LogP contribution in [0.15, 0.2) is 42.9 Å².